The van der Waals surface area contributed by atoms with E-state index in [0.717, 1.165) is 0 Å². The summed E-state index contributed by atoms with van der Waals surface area (Å²) in [4.78, 5) is 0.190. The minimum Gasteiger partial charge on any atom is -0.379 e. The molecule has 0 spiro atoms. The van der Waals surface area contributed by atoms with Crippen molar-refractivity contribution in [3.63, 3.8) is 0 Å². The quantitative estimate of drug-likeness (QED) is 0.726. The Morgan fingerprint density at radius 1 is 1.11 bits per heavy atom. The van der Waals surface area contributed by atoms with Gasteiger partial charge in [-0.1, -0.05) is 17.7 Å². The molecule has 1 aliphatic heterocycles. The van der Waals surface area contributed by atoms with Gasteiger partial charge in [-0.3, -0.25) is 0 Å². The molecule has 1 fully saturated rings. The van der Waals surface area contributed by atoms with Crippen molar-refractivity contribution in [3.05, 3.63) is 53.3 Å². The van der Waals surface area contributed by atoms with E-state index in [1.54, 1.807) is 18.2 Å². The van der Waals surface area contributed by atoms with Gasteiger partial charge in [0.2, 0.25) is 10.0 Å². The van der Waals surface area contributed by atoms with Gasteiger partial charge in [-0.2, -0.15) is 4.31 Å². The number of anilines is 2. The maximum Gasteiger partial charge on any atom is 0.243 e. The molecule has 1 aliphatic rings. The molecule has 3 rings (SSSR count). The average Bonchev–Trinajstić information content (AvgIpc) is 2.66. The summed E-state index contributed by atoms with van der Waals surface area (Å²) in [6.07, 6.45) is 0. The monoisotopic (exact) mass is 429 g/mol. The summed E-state index contributed by atoms with van der Waals surface area (Å²) in [7, 11) is -3.55. The van der Waals surface area contributed by atoms with Crippen molar-refractivity contribution in [2.45, 2.75) is 4.90 Å². The van der Waals surface area contributed by atoms with E-state index >= 15 is 0 Å². The highest BCUT2D eigenvalue weighted by Gasteiger charge is 2.26. The normalized spacial score (nSPS) is 15.3. The fraction of sp³-hybridized carbons (Fsp3) is 0.235. The van der Waals surface area contributed by atoms with Crippen molar-refractivity contribution in [3.8, 4) is 0 Å². The largest absolute Gasteiger partial charge is 0.379 e. The van der Waals surface area contributed by atoms with Crippen LogP contribution in [0.2, 0.25) is 5.02 Å². The molecule has 0 radical (unpaired) electrons. The Hall–Kier alpha value is -1.78. The number of nitrogens with zero attached hydrogens (tertiary/aromatic N) is 1. The first-order valence-electron chi connectivity index (χ1n) is 8.08. The number of ether oxygens (including phenoxy) is 1. The summed E-state index contributed by atoms with van der Waals surface area (Å²) in [5.74, 6) is -0.602. The Kier molecular flexibility index (Phi) is 6.28. The molecule has 0 unspecified atom stereocenters. The smallest absolute Gasteiger partial charge is 0.243 e. The molecule has 144 valence electrons. The van der Waals surface area contributed by atoms with Gasteiger partial charge in [0, 0.05) is 18.8 Å². The molecular weight excluding hydrogens is 413 g/mol. The van der Waals surface area contributed by atoms with Crippen LogP contribution in [0, 0.1) is 5.82 Å². The molecule has 0 saturated carbocycles. The minimum absolute atomic E-state index is 0.0135. The highest BCUT2D eigenvalue weighted by atomic mass is 35.5. The zero-order valence-electron chi connectivity index (χ0n) is 14.1. The standard InChI is InChI=1S/C17H17ClFN3O3S2/c18-14-2-1-3-15(16(14)19)21-17(26)20-12-4-6-13(7-5-12)27(23,24)22-8-10-25-11-9-22/h1-7H,8-11H2,(H2,20,21,26). The van der Waals surface area contributed by atoms with Crippen LogP contribution < -0.4 is 10.6 Å². The third-order valence-corrected chi connectivity index (χ3v) is 6.33. The number of rotatable bonds is 4. The number of nitrogens with one attached hydrogen (secondary N) is 2. The molecule has 0 amide bonds. The summed E-state index contributed by atoms with van der Waals surface area (Å²) >= 11 is 10.9. The van der Waals surface area contributed by atoms with E-state index in [4.69, 9.17) is 28.6 Å². The Morgan fingerprint density at radius 3 is 2.44 bits per heavy atom. The number of sulfonamides is 1. The molecule has 0 aromatic heterocycles. The molecule has 0 aliphatic carbocycles. The van der Waals surface area contributed by atoms with Crippen molar-refractivity contribution in [2.24, 2.45) is 0 Å². The third kappa shape index (κ3) is 4.74. The number of thiocarbonyl (C=S) groups is 1. The van der Waals surface area contributed by atoms with Crippen molar-refractivity contribution in [1.82, 2.24) is 4.31 Å². The van der Waals surface area contributed by atoms with E-state index in [1.807, 2.05) is 0 Å². The predicted molar refractivity (Wildman–Crippen MR) is 107 cm³/mol. The predicted octanol–water partition coefficient (Wildman–Crippen LogP) is 3.31. The third-order valence-electron chi connectivity index (χ3n) is 3.92. The number of hydrogen-bond donors (Lipinski definition) is 2. The van der Waals surface area contributed by atoms with Gasteiger partial charge in [0.15, 0.2) is 10.9 Å². The fourth-order valence-corrected chi connectivity index (χ4v) is 4.34. The van der Waals surface area contributed by atoms with Gasteiger partial charge in [-0.15, -0.1) is 0 Å². The van der Waals surface area contributed by atoms with Gasteiger partial charge in [0.05, 0.1) is 28.8 Å². The zero-order chi connectivity index (χ0) is 19.4. The molecule has 0 bridgehead atoms. The van der Waals surface area contributed by atoms with Gasteiger partial charge in [-0.25, -0.2) is 12.8 Å². The van der Waals surface area contributed by atoms with E-state index in [1.165, 1.54) is 28.6 Å². The molecule has 1 heterocycles. The van der Waals surface area contributed by atoms with E-state index in [9.17, 15) is 12.8 Å². The van der Waals surface area contributed by atoms with Gasteiger partial charge >= 0.3 is 0 Å². The summed E-state index contributed by atoms with van der Waals surface area (Å²) < 4.78 is 45.7. The van der Waals surface area contributed by atoms with Crippen LogP contribution in [0.25, 0.3) is 0 Å². The SMILES string of the molecule is O=S(=O)(c1ccc(NC(=S)Nc2cccc(Cl)c2F)cc1)N1CCOCC1. The molecule has 27 heavy (non-hydrogen) atoms. The van der Waals surface area contributed by atoms with Crippen LogP contribution in [-0.2, 0) is 14.8 Å². The molecular formula is C17H17ClFN3O3S2. The molecule has 0 atom stereocenters. The molecule has 10 heteroatoms. The van der Waals surface area contributed by atoms with Gasteiger partial charge in [0.25, 0.3) is 0 Å². The van der Waals surface area contributed by atoms with E-state index < -0.39 is 15.8 Å². The lowest BCUT2D eigenvalue weighted by Crippen LogP contribution is -2.40. The Balaban J connectivity index is 1.66. The van der Waals surface area contributed by atoms with E-state index in [-0.39, 0.29) is 20.7 Å². The van der Waals surface area contributed by atoms with Crippen LogP contribution >= 0.6 is 23.8 Å². The molecule has 2 N–H and O–H groups in total. The Morgan fingerprint density at radius 2 is 1.78 bits per heavy atom. The maximum atomic E-state index is 13.9. The first kappa shape index (κ1) is 20.0. The molecule has 2 aromatic rings. The highest BCUT2D eigenvalue weighted by Crippen LogP contribution is 2.23. The van der Waals surface area contributed by atoms with E-state index in [0.29, 0.717) is 32.0 Å². The van der Waals surface area contributed by atoms with Crippen LogP contribution in [0.15, 0.2) is 47.4 Å². The summed E-state index contributed by atoms with van der Waals surface area (Å²) in [5, 5.41) is 5.73. The lowest BCUT2D eigenvalue weighted by Gasteiger charge is -2.26. The second-order valence-electron chi connectivity index (χ2n) is 5.72. The topological polar surface area (TPSA) is 70.7 Å². The summed E-state index contributed by atoms with van der Waals surface area (Å²) in [6.45, 7) is 1.45. The zero-order valence-corrected chi connectivity index (χ0v) is 16.5. The van der Waals surface area contributed by atoms with Crippen LogP contribution in [0.3, 0.4) is 0 Å². The number of hydrogen-bond acceptors (Lipinski definition) is 4. The molecule has 6 nitrogen and oxygen atoms in total. The van der Waals surface area contributed by atoms with Crippen molar-refractivity contribution in [1.29, 1.82) is 0 Å². The second-order valence-corrected chi connectivity index (χ2v) is 8.47. The highest BCUT2D eigenvalue weighted by molar-refractivity contribution is 7.89. The number of morpholine rings is 1. The number of halogens is 2. The Bertz CT molecular complexity index is 933. The Labute approximate surface area is 167 Å². The van der Waals surface area contributed by atoms with Crippen molar-refractivity contribution >= 4 is 50.3 Å². The van der Waals surface area contributed by atoms with Crippen LogP contribution in [0.5, 0.6) is 0 Å². The summed E-state index contributed by atoms with van der Waals surface area (Å²) in [6, 6.07) is 10.7. The van der Waals surface area contributed by atoms with Crippen LogP contribution in [0.1, 0.15) is 0 Å². The fourth-order valence-electron chi connectivity index (χ4n) is 2.53. The lowest BCUT2D eigenvalue weighted by molar-refractivity contribution is 0.0730. The first-order valence-corrected chi connectivity index (χ1v) is 10.3. The van der Waals surface area contributed by atoms with Crippen molar-refractivity contribution < 1.29 is 17.5 Å². The van der Waals surface area contributed by atoms with Gasteiger partial charge in [-0.05, 0) is 48.6 Å². The van der Waals surface area contributed by atoms with Crippen LogP contribution in [0.4, 0.5) is 15.8 Å². The molecule has 2 aromatic carbocycles. The van der Waals surface area contributed by atoms with Gasteiger partial charge in [0.1, 0.15) is 0 Å². The maximum absolute atomic E-state index is 13.9. The lowest BCUT2D eigenvalue weighted by atomic mass is 10.3. The summed E-state index contributed by atoms with van der Waals surface area (Å²) in [5.41, 5.74) is 0.711. The average molecular weight is 430 g/mol. The minimum atomic E-state index is -3.55. The van der Waals surface area contributed by atoms with Crippen LogP contribution in [-0.4, -0.2) is 44.1 Å². The molecule has 1 saturated heterocycles. The van der Waals surface area contributed by atoms with E-state index in [2.05, 4.69) is 10.6 Å². The van der Waals surface area contributed by atoms with Gasteiger partial charge < -0.3 is 15.4 Å². The first-order chi connectivity index (χ1) is 12.9. The van der Waals surface area contributed by atoms with Crippen molar-refractivity contribution in [2.75, 3.05) is 36.9 Å². The second kappa shape index (κ2) is 8.49. The number of benzene rings is 2.